The van der Waals surface area contributed by atoms with Crippen molar-refractivity contribution < 1.29 is 9.90 Å². The molecule has 1 heterocycles. The van der Waals surface area contributed by atoms with Crippen molar-refractivity contribution in [2.45, 2.75) is 19.8 Å². The summed E-state index contributed by atoms with van der Waals surface area (Å²) < 4.78 is 0. The molecular weight excluding hydrogens is 180 g/mol. The Bertz CT molecular complexity index is 230. The van der Waals surface area contributed by atoms with Gasteiger partial charge in [-0.15, -0.1) is 0 Å². The van der Waals surface area contributed by atoms with E-state index in [1.807, 2.05) is 6.92 Å². The van der Waals surface area contributed by atoms with Gasteiger partial charge in [0.25, 0.3) is 0 Å². The summed E-state index contributed by atoms with van der Waals surface area (Å²) >= 11 is 0. The highest BCUT2D eigenvalue weighted by Gasteiger charge is 2.15. The van der Waals surface area contributed by atoms with E-state index in [2.05, 4.69) is 10.6 Å². The van der Waals surface area contributed by atoms with Gasteiger partial charge in [0.15, 0.2) is 0 Å². The average molecular weight is 198 g/mol. The lowest BCUT2D eigenvalue weighted by atomic mass is 10.0. The molecule has 4 nitrogen and oxygen atoms in total. The first-order valence-electron chi connectivity index (χ1n) is 5.04. The van der Waals surface area contributed by atoms with E-state index in [1.54, 1.807) is 0 Å². The van der Waals surface area contributed by atoms with E-state index in [9.17, 15) is 4.79 Å². The SMILES string of the molecule is CC(C(=O)NCCCCO)=C1CNC1. The third-order valence-electron chi connectivity index (χ3n) is 2.42. The molecule has 4 heteroatoms. The number of hydrogen-bond acceptors (Lipinski definition) is 3. The molecule has 0 unspecified atom stereocenters. The second-order valence-electron chi connectivity index (χ2n) is 3.52. The summed E-state index contributed by atoms with van der Waals surface area (Å²) in [6, 6.07) is 0. The van der Waals surface area contributed by atoms with Crippen LogP contribution in [-0.2, 0) is 4.79 Å². The van der Waals surface area contributed by atoms with Crippen molar-refractivity contribution in [1.82, 2.24) is 10.6 Å². The lowest BCUT2D eigenvalue weighted by Crippen LogP contribution is -2.37. The first kappa shape index (κ1) is 11.2. The van der Waals surface area contributed by atoms with Crippen molar-refractivity contribution in [2.75, 3.05) is 26.2 Å². The molecule has 0 aliphatic carbocycles. The topological polar surface area (TPSA) is 61.4 Å². The summed E-state index contributed by atoms with van der Waals surface area (Å²) in [5.74, 6) is 0.0273. The zero-order valence-electron chi connectivity index (χ0n) is 8.60. The van der Waals surface area contributed by atoms with Crippen molar-refractivity contribution in [3.05, 3.63) is 11.1 Å². The largest absolute Gasteiger partial charge is 0.396 e. The van der Waals surface area contributed by atoms with Crippen LogP contribution in [0.25, 0.3) is 0 Å². The van der Waals surface area contributed by atoms with Gasteiger partial charge >= 0.3 is 0 Å². The van der Waals surface area contributed by atoms with E-state index in [-0.39, 0.29) is 12.5 Å². The van der Waals surface area contributed by atoms with E-state index in [4.69, 9.17) is 5.11 Å². The molecule has 0 aromatic carbocycles. The van der Waals surface area contributed by atoms with Crippen LogP contribution in [0.2, 0.25) is 0 Å². The van der Waals surface area contributed by atoms with Gasteiger partial charge in [-0.25, -0.2) is 0 Å². The summed E-state index contributed by atoms with van der Waals surface area (Å²) in [4.78, 5) is 11.5. The lowest BCUT2D eigenvalue weighted by Gasteiger charge is -2.21. The van der Waals surface area contributed by atoms with Gasteiger partial charge < -0.3 is 15.7 Å². The Labute approximate surface area is 84.4 Å². The van der Waals surface area contributed by atoms with Crippen LogP contribution >= 0.6 is 0 Å². The average Bonchev–Trinajstić information content (AvgIpc) is 2.09. The summed E-state index contributed by atoms with van der Waals surface area (Å²) in [5, 5.41) is 14.5. The summed E-state index contributed by atoms with van der Waals surface area (Å²) in [6.07, 6.45) is 1.58. The molecule has 0 aromatic rings. The molecule has 0 spiro atoms. The van der Waals surface area contributed by atoms with E-state index >= 15 is 0 Å². The monoisotopic (exact) mass is 198 g/mol. The van der Waals surface area contributed by atoms with Gasteiger partial charge in [-0.2, -0.15) is 0 Å². The number of nitrogens with one attached hydrogen (secondary N) is 2. The van der Waals surface area contributed by atoms with Crippen LogP contribution < -0.4 is 10.6 Å². The Morgan fingerprint density at radius 2 is 2.21 bits per heavy atom. The molecule has 80 valence electrons. The highest BCUT2D eigenvalue weighted by Crippen LogP contribution is 2.08. The third-order valence-corrected chi connectivity index (χ3v) is 2.42. The summed E-state index contributed by atoms with van der Waals surface area (Å²) in [6.45, 7) is 4.39. The molecule has 1 aliphatic rings. The standard InChI is InChI=1S/C10H18N2O2/c1-8(9-6-11-7-9)10(14)12-4-2-3-5-13/h11,13H,2-7H2,1H3,(H,12,14). The van der Waals surface area contributed by atoms with Crippen molar-refractivity contribution in [3.8, 4) is 0 Å². The molecule has 14 heavy (non-hydrogen) atoms. The number of rotatable bonds is 5. The fourth-order valence-electron chi connectivity index (χ4n) is 1.25. The van der Waals surface area contributed by atoms with Crippen LogP contribution in [0.15, 0.2) is 11.1 Å². The highest BCUT2D eigenvalue weighted by molar-refractivity contribution is 5.93. The highest BCUT2D eigenvalue weighted by atomic mass is 16.2. The van der Waals surface area contributed by atoms with Gasteiger partial charge in [0, 0.05) is 31.8 Å². The number of aliphatic hydroxyl groups excluding tert-OH is 1. The third kappa shape index (κ3) is 3.12. The van der Waals surface area contributed by atoms with Gasteiger partial charge in [0.05, 0.1) is 0 Å². The molecule has 3 N–H and O–H groups in total. The van der Waals surface area contributed by atoms with Crippen LogP contribution in [0.5, 0.6) is 0 Å². The van der Waals surface area contributed by atoms with E-state index in [0.717, 1.165) is 31.5 Å². The second kappa shape index (κ2) is 5.78. The maximum absolute atomic E-state index is 11.5. The Hall–Kier alpha value is -0.870. The Balaban J connectivity index is 2.21. The number of carbonyl (C=O) groups is 1. The van der Waals surface area contributed by atoms with Crippen LogP contribution in [-0.4, -0.2) is 37.3 Å². The van der Waals surface area contributed by atoms with Crippen LogP contribution in [0.4, 0.5) is 0 Å². The normalized spacial score (nSPS) is 14.9. The summed E-state index contributed by atoms with van der Waals surface area (Å²) in [5.41, 5.74) is 2.04. The molecule has 1 rings (SSSR count). The van der Waals surface area contributed by atoms with Crippen molar-refractivity contribution in [2.24, 2.45) is 0 Å². The van der Waals surface area contributed by atoms with Crippen LogP contribution in [0, 0.1) is 0 Å². The minimum Gasteiger partial charge on any atom is -0.396 e. The number of unbranched alkanes of at least 4 members (excludes halogenated alkanes) is 1. The molecule has 0 aromatic heterocycles. The zero-order valence-corrected chi connectivity index (χ0v) is 8.60. The van der Waals surface area contributed by atoms with Crippen LogP contribution in [0.3, 0.4) is 0 Å². The van der Waals surface area contributed by atoms with E-state index in [1.165, 1.54) is 5.57 Å². The maximum atomic E-state index is 11.5. The van der Waals surface area contributed by atoms with Gasteiger partial charge in [0.1, 0.15) is 0 Å². The molecule has 1 fully saturated rings. The van der Waals surface area contributed by atoms with Crippen LogP contribution in [0.1, 0.15) is 19.8 Å². The minimum atomic E-state index is 0.0273. The van der Waals surface area contributed by atoms with Gasteiger partial charge in [-0.1, -0.05) is 0 Å². The maximum Gasteiger partial charge on any atom is 0.246 e. The van der Waals surface area contributed by atoms with E-state index in [0.29, 0.717) is 6.54 Å². The molecule has 0 bridgehead atoms. The number of hydrogen-bond donors (Lipinski definition) is 3. The number of aliphatic hydroxyl groups is 1. The second-order valence-corrected chi connectivity index (χ2v) is 3.52. The predicted octanol–water partition coefficient (Wildman–Crippen LogP) is -0.205. The quantitative estimate of drug-likeness (QED) is 0.423. The zero-order chi connectivity index (χ0) is 10.4. The first-order chi connectivity index (χ1) is 6.75. The van der Waals surface area contributed by atoms with Crippen molar-refractivity contribution >= 4 is 5.91 Å². The first-order valence-corrected chi connectivity index (χ1v) is 5.04. The smallest absolute Gasteiger partial charge is 0.246 e. The minimum absolute atomic E-state index is 0.0273. The molecular formula is C10H18N2O2. The predicted molar refractivity (Wildman–Crippen MR) is 54.9 cm³/mol. The van der Waals surface area contributed by atoms with E-state index < -0.39 is 0 Å². The van der Waals surface area contributed by atoms with Crippen molar-refractivity contribution in [3.63, 3.8) is 0 Å². The van der Waals surface area contributed by atoms with Gasteiger partial charge in [0.2, 0.25) is 5.91 Å². The Morgan fingerprint density at radius 3 is 2.71 bits per heavy atom. The van der Waals surface area contributed by atoms with Gasteiger partial charge in [-0.3, -0.25) is 4.79 Å². The molecule has 1 amide bonds. The molecule has 0 atom stereocenters. The fourth-order valence-corrected chi connectivity index (χ4v) is 1.25. The molecule has 1 saturated heterocycles. The Morgan fingerprint density at radius 1 is 1.50 bits per heavy atom. The number of carbonyl (C=O) groups excluding carboxylic acids is 1. The van der Waals surface area contributed by atoms with Crippen molar-refractivity contribution in [1.29, 1.82) is 0 Å². The lowest BCUT2D eigenvalue weighted by molar-refractivity contribution is -0.117. The van der Waals surface area contributed by atoms with Gasteiger partial charge in [-0.05, 0) is 25.3 Å². The molecule has 0 radical (unpaired) electrons. The fraction of sp³-hybridized carbons (Fsp3) is 0.700. The Kier molecular flexibility index (Phi) is 4.62. The summed E-state index contributed by atoms with van der Waals surface area (Å²) in [7, 11) is 0. The number of amides is 1. The molecule has 1 aliphatic heterocycles. The molecule has 0 saturated carbocycles.